The predicted octanol–water partition coefficient (Wildman–Crippen LogP) is 1.50. The number of carbonyl (C=O) groups excluding carboxylic acids is 1. The van der Waals surface area contributed by atoms with Gasteiger partial charge in [-0.15, -0.1) is 0 Å². The number of carbonyl (C=O) groups is 2. The van der Waals surface area contributed by atoms with Crippen LogP contribution in [0, 0.1) is 0 Å². The van der Waals surface area contributed by atoms with Crippen molar-refractivity contribution >= 4 is 11.9 Å². The first-order chi connectivity index (χ1) is 6.29. The van der Waals surface area contributed by atoms with Crippen molar-refractivity contribution in [3.05, 3.63) is 0 Å². The van der Waals surface area contributed by atoms with E-state index in [1.54, 1.807) is 4.90 Å². The van der Waals surface area contributed by atoms with Crippen LogP contribution in [0.15, 0.2) is 0 Å². The summed E-state index contributed by atoms with van der Waals surface area (Å²) >= 11 is 0. The maximum Gasteiger partial charge on any atom is 0.303 e. The van der Waals surface area contributed by atoms with Gasteiger partial charge in [-0.1, -0.05) is 0 Å². The minimum Gasteiger partial charge on any atom is -0.481 e. The molecule has 0 fully saturated rings. The van der Waals surface area contributed by atoms with Crippen LogP contribution in [-0.4, -0.2) is 34.0 Å². The van der Waals surface area contributed by atoms with Gasteiger partial charge in [-0.05, 0) is 27.7 Å². The van der Waals surface area contributed by atoms with E-state index in [1.807, 2.05) is 27.7 Å². The van der Waals surface area contributed by atoms with E-state index >= 15 is 0 Å². The zero-order valence-electron chi connectivity index (χ0n) is 9.33. The molecular formula is C10H19NO3. The maximum absolute atomic E-state index is 11.6. The second-order valence-electron chi connectivity index (χ2n) is 4.20. The van der Waals surface area contributed by atoms with Crippen LogP contribution in [0.2, 0.25) is 0 Å². The zero-order chi connectivity index (χ0) is 11.4. The molecule has 0 aliphatic rings. The van der Waals surface area contributed by atoms with Crippen molar-refractivity contribution < 1.29 is 14.7 Å². The molecule has 0 aromatic carbocycles. The van der Waals surface area contributed by atoms with Crippen LogP contribution < -0.4 is 0 Å². The van der Waals surface area contributed by atoms with Crippen molar-refractivity contribution in [2.24, 2.45) is 0 Å². The van der Waals surface area contributed by atoms with Gasteiger partial charge in [-0.2, -0.15) is 0 Å². The fourth-order valence-electron chi connectivity index (χ4n) is 1.37. The second-order valence-corrected chi connectivity index (χ2v) is 4.20. The van der Waals surface area contributed by atoms with Crippen molar-refractivity contribution in [2.75, 3.05) is 6.54 Å². The number of hydrogen-bond acceptors (Lipinski definition) is 2. The van der Waals surface area contributed by atoms with Gasteiger partial charge in [0.2, 0.25) is 5.91 Å². The van der Waals surface area contributed by atoms with E-state index in [1.165, 1.54) is 0 Å². The van der Waals surface area contributed by atoms with E-state index < -0.39 is 5.97 Å². The van der Waals surface area contributed by atoms with Crippen molar-refractivity contribution in [1.82, 2.24) is 4.90 Å². The Bertz CT molecular complexity index is 218. The lowest BCUT2D eigenvalue weighted by Gasteiger charge is -2.34. The lowest BCUT2D eigenvalue weighted by molar-refractivity contribution is -0.142. The molecule has 0 aliphatic heterocycles. The van der Waals surface area contributed by atoms with E-state index in [2.05, 4.69) is 0 Å². The SMILES string of the molecule is CCN(C(=O)CCC(=O)O)C(C)(C)C. The fourth-order valence-corrected chi connectivity index (χ4v) is 1.37. The third kappa shape index (κ3) is 4.25. The number of carboxylic acids is 1. The largest absolute Gasteiger partial charge is 0.481 e. The first-order valence-electron chi connectivity index (χ1n) is 4.81. The molecule has 82 valence electrons. The highest BCUT2D eigenvalue weighted by Gasteiger charge is 2.24. The first-order valence-corrected chi connectivity index (χ1v) is 4.81. The van der Waals surface area contributed by atoms with Gasteiger partial charge in [-0.25, -0.2) is 0 Å². The molecule has 0 aromatic heterocycles. The van der Waals surface area contributed by atoms with E-state index in [9.17, 15) is 9.59 Å². The Hall–Kier alpha value is -1.06. The summed E-state index contributed by atoms with van der Waals surface area (Å²) < 4.78 is 0. The number of rotatable bonds is 4. The van der Waals surface area contributed by atoms with Gasteiger partial charge < -0.3 is 10.0 Å². The Morgan fingerprint density at radius 1 is 1.21 bits per heavy atom. The van der Waals surface area contributed by atoms with Gasteiger partial charge in [0.15, 0.2) is 0 Å². The summed E-state index contributed by atoms with van der Waals surface area (Å²) in [4.78, 5) is 23.6. The van der Waals surface area contributed by atoms with Crippen molar-refractivity contribution in [3.8, 4) is 0 Å². The van der Waals surface area contributed by atoms with Gasteiger partial charge >= 0.3 is 5.97 Å². The zero-order valence-corrected chi connectivity index (χ0v) is 9.33. The minimum absolute atomic E-state index is 0.0838. The highest BCUT2D eigenvalue weighted by molar-refractivity contribution is 5.81. The average molecular weight is 201 g/mol. The first kappa shape index (κ1) is 12.9. The standard InChI is InChI=1S/C10H19NO3/c1-5-11(10(2,3)4)8(12)6-7-9(13)14/h5-7H2,1-4H3,(H,13,14). The smallest absolute Gasteiger partial charge is 0.303 e. The van der Waals surface area contributed by atoms with E-state index in [0.717, 1.165) is 0 Å². The third-order valence-electron chi connectivity index (χ3n) is 1.98. The molecule has 0 saturated carbocycles. The predicted molar refractivity (Wildman–Crippen MR) is 54.0 cm³/mol. The van der Waals surface area contributed by atoms with Crippen LogP contribution in [0.1, 0.15) is 40.5 Å². The lowest BCUT2D eigenvalue weighted by atomic mass is 10.1. The highest BCUT2D eigenvalue weighted by Crippen LogP contribution is 2.14. The van der Waals surface area contributed by atoms with Crippen LogP contribution >= 0.6 is 0 Å². The molecule has 4 heteroatoms. The quantitative estimate of drug-likeness (QED) is 0.749. The van der Waals surface area contributed by atoms with Crippen LogP contribution in [0.4, 0.5) is 0 Å². The summed E-state index contributed by atoms with van der Waals surface area (Å²) in [6.45, 7) is 8.32. The van der Waals surface area contributed by atoms with Crippen molar-refractivity contribution in [2.45, 2.75) is 46.1 Å². The molecule has 0 saturated heterocycles. The number of amides is 1. The Labute approximate surface area is 84.9 Å². The summed E-state index contributed by atoms with van der Waals surface area (Å²) in [6, 6.07) is 0. The molecule has 4 nitrogen and oxygen atoms in total. The second kappa shape index (κ2) is 4.98. The Morgan fingerprint density at radius 3 is 2.00 bits per heavy atom. The molecule has 0 bridgehead atoms. The molecule has 0 atom stereocenters. The molecule has 0 unspecified atom stereocenters. The number of hydrogen-bond donors (Lipinski definition) is 1. The van der Waals surface area contributed by atoms with Gasteiger partial charge in [0.1, 0.15) is 0 Å². The highest BCUT2D eigenvalue weighted by atomic mass is 16.4. The van der Waals surface area contributed by atoms with Gasteiger partial charge in [0, 0.05) is 18.5 Å². The van der Waals surface area contributed by atoms with Crippen LogP contribution in [0.25, 0.3) is 0 Å². The molecule has 0 heterocycles. The molecule has 1 amide bonds. The van der Waals surface area contributed by atoms with Gasteiger partial charge in [-0.3, -0.25) is 9.59 Å². The normalized spacial score (nSPS) is 11.1. The molecule has 0 rings (SSSR count). The number of aliphatic carboxylic acids is 1. The Kier molecular flexibility index (Phi) is 4.60. The topological polar surface area (TPSA) is 57.6 Å². The minimum atomic E-state index is -0.927. The van der Waals surface area contributed by atoms with Crippen LogP contribution in [0.3, 0.4) is 0 Å². The van der Waals surface area contributed by atoms with E-state index in [-0.39, 0.29) is 24.3 Å². The third-order valence-corrected chi connectivity index (χ3v) is 1.98. The summed E-state index contributed by atoms with van der Waals surface area (Å²) in [6.07, 6.45) is -0.00808. The summed E-state index contributed by atoms with van der Waals surface area (Å²) in [5.74, 6) is -1.02. The molecule has 0 spiro atoms. The number of carboxylic acid groups (broad SMARTS) is 1. The molecular weight excluding hydrogens is 182 g/mol. The van der Waals surface area contributed by atoms with Crippen molar-refractivity contribution in [3.63, 3.8) is 0 Å². The van der Waals surface area contributed by atoms with Crippen molar-refractivity contribution in [1.29, 1.82) is 0 Å². The maximum atomic E-state index is 11.6. The molecule has 0 aromatic rings. The van der Waals surface area contributed by atoms with Crippen LogP contribution in [-0.2, 0) is 9.59 Å². The fraction of sp³-hybridized carbons (Fsp3) is 0.800. The molecule has 0 aliphatic carbocycles. The summed E-state index contributed by atoms with van der Waals surface area (Å²) in [7, 11) is 0. The summed E-state index contributed by atoms with van der Waals surface area (Å²) in [5, 5.41) is 8.45. The van der Waals surface area contributed by atoms with E-state index in [0.29, 0.717) is 6.54 Å². The van der Waals surface area contributed by atoms with Gasteiger partial charge in [0.25, 0.3) is 0 Å². The molecule has 14 heavy (non-hydrogen) atoms. The van der Waals surface area contributed by atoms with Gasteiger partial charge in [0.05, 0.1) is 6.42 Å². The van der Waals surface area contributed by atoms with Crippen LogP contribution in [0.5, 0.6) is 0 Å². The molecule has 1 N–H and O–H groups in total. The van der Waals surface area contributed by atoms with E-state index in [4.69, 9.17) is 5.11 Å². The molecule has 0 radical (unpaired) electrons. The summed E-state index contributed by atoms with van der Waals surface area (Å²) in [5.41, 5.74) is -0.232. The monoisotopic (exact) mass is 201 g/mol. The average Bonchev–Trinajstić information content (AvgIpc) is 1.99. The Morgan fingerprint density at radius 2 is 1.71 bits per heavy atom. The number of nitrogens with zero attached hydrogens (tertiary/aromatic N) is 1. The Balaban J connectivity index is 4.26. The lowest BCUT2D eigenvalue weighted by Crippen LogP contribution is -2.45.